The van der Waals surface area contributed by atoms with Crippen LogP contribution in [0.3, 0.4) is 0 Å². The van der Waals surface area contributed by atoms with E-state index in [4.69, 9.17) is 23.2 Å². The third-order valence-electron chi connectivity index (χ3n) is 5.26. The largest absolute Gasteiger partial charge is 0.333 e. The molecule has 0 bridgehead atoms. The van der Waals surface area contributed by atoms with E-state index in [-0.39, 0.29) is 17.5 Å². The van der Waals surface area contributed by atoms with Crippen LogP contribution >= 0.6 is 23.2 Å². The molecule has 158 valence electrons. The molecule has 1 aliphatic heterocycles. The van der Waals surface area contributed by atoms with Crippen LogP contribution in [0.4, 0.5) is 4.79 Å². The molecule has 0 unspecified atom stereocenters. The Hall–Kier alpha value is -2.06. The number of nitrogens with zero attached hydrogens (tertiary/aromatic N) is 2. The van der Waals surface area contributed by atoms with Gasteiger partial charge in [0, 0.05) is 36.2 Å². The molecule has 0 aliphatic carbocycles. The van der Waals surface area contributed by atoms with Gasteiger partial charge < -0.3 is 5.32 Å². The summed E-state index contributed by atoms with van der Waals surface area (Å²) in [6, 6.07) is 11.4. The normalized spacial score (nSPS) is 15.4. The molecular formula is C21H21Cl2N3O3S. The molecule has 1 fully saturated rings. The lowest BCUT2D eigenvalue weighted by Crippen LogP contribution is -2.35. The van der Waals surface area contributed by atoms with Crippen LogP contribution < -0.4 is 5.32 Å². The highest BCUT2D eigenvalue weighted by molar-refractivity contribution is 7.89. The molecule has 0 spiro atoms. The number of nitrogens with one attached hydrogen (secondary N) is 1. The van der Waals surface area contributed by atoms with Gasteiger partial charge in [0.1, 0.15) is 0 Å². The average Bonchev–Trinajstić information content (AvgIpc) is 3.09. The van der Waals surface area contributed by atoms with Crippen molar-refractivity contribution in [3.8, 4) is 0 Å². The van der Waals surface area contributed by atoms with Crippen LogP contribution in [-0.2, 0) is 16.6 Å². The van der Waals surface area contributed by atoms with Gasteiger partial charge >= 0.3 is 6.03 Å². The maximum atomic E-state index is 12.7. The number of carbonyl (C=O) groups is 1. The maximum absolute atomic E-state index is 12.7. The van der Waals surface area contributed by atoms with Crippen molar-refractivity contribution >= 4 is 50.2 Å². The van der Waals surface area contributed by atoms with E-state index < -0.39 is 10.0 Å². The molecule has 2 heterocycles. The number of benzene rings is 2. The number of carbonyl (C=O) groups excluding carboxylic acids is 1. The Balaban J connectivity index is 1.45. The monoisotopic (exact) mass is 465 g/mol. The fraction of sp³-hybridized carbons (Fsp3) is 0.286. The number of hydrogen-bond acceptors (Lipinski definition) is 3. The van der Waals surface area contributed by atoms with E-state index in [9.17, 15) is 13.2 Å². The molecule has 1 amide bonds. The van der Waals surface area contributed by atoms with E-state index in [2.05, 4.69) is 5.32 Å². The van der Waals surface area contributed by atoms with Crippen LogP contribution in [0.15, 0.2) is 53.6 Å². The Labute approximate surface area is 185 Å². The average molecular weight is 466 g/mol. The van der Waals surface area contributed by atoms with Crippen molar-refractivity contribution in [3.05, 3.63) is 64.3 Å². The number of rotatable bonds is 4. The van der Waals surface area contributed by atoms with Gasteiger partial charge in [-0.3, -0.25) is 4.57 Å². The minimum Gasteiger partial charge on any atom is -0.333 e. The Morgan fingerprint density at radius 3 is 2.40 bits per heavy atom. The lowest BCUT2D eigenvalue weighted by molar-refractivity contribution is 0.243. The van der Waals surface area contributed by atoms with Gasteiger partial charge in [-0.25, -0.2) is 13.2 Å². The molecule has 2 aromatic carbocycles. The second-order valence-electron chi connectivity index (χ2n) is 7.28. The predicted octanol–water partition coefficient (Wildman–Crippen LogP) is 4.88. The zero-order chi connectivity index (χ0) is 21.3. The van der Waals surface area contributed by atoms with Crippen LogP contribution in [0.25, 0.3) is 10.9 Å². The predicted molar refractivity (Wildman–Crippen MR) is 119 cm³/mol. The summed E-state index contributed by atoms with van der Waals surface area (Å²) in [6.45, 7) is 1.39. The smallest absolute Gasteiger partial charge is 0.326 e. The molecule has 6 nitrogen and oxygen atoms in total. The zero-order valence-electron chi connectivity index (χ0n) is 16.1. The third kappa shape index (κ3) is 4.21. The molecule has 30 heavy (non-hydrogen) atoms. The van der Waals surface area contributed by atoms with E-state index in [1.54, 1.807) is 53.0 Å². The topological polar surface area (TPSA) is 71.4 Å². The minimum absolute atomic E-state index is 0.258. The van der Waals surface area contributed by atoms with Crippen LogP contribution in [0.1, 0.15) is 24.8 Å². The first-order chi connectivity index (χ1) is 14.4. The SMILES string of the molecule is O=C(NCc1ccc(S(=O)(=O)N2CCCCC2)cc1)n1cc(Cl)c2cc(Cl)ccc21. The van der Waals surface area contributed by atoms with Gasteiger partial charge in [0.15, 0.2) is 0 Å². The fourth-order valence-electron chi connectivity index (χ4n) is 3.63. The van der Waals surface area contributed by atoms with E-state index in [1.165, 1.54) is 4.57 Å². The molecule has 0 saturated carbocycles. The Bertz CT molecular complexity index is 1180. The lowest BCUT2D eigenvalue weighted by Gasteiger charge is -2.25. The summed E-state index contributed by atoms with van der Waals surface area (Å²) in [6.07, 6.45) is 4.41. The van der Waals surface area contributed by atoms with Crippen molar-refractivity contribution in [3.63, 3.8) is 0 Å². The first-order valence-corrected chi connectivity index (χ1v) is 11.9. The quantitative estimate of drug-likeness (QED) is 0.596. The molecule has 3 aromatic rings. The van der Waals surface area contributed by atoms with Gasteiger partial charge in [-0.2, -0.15) is 4.31 Å². The fourth-order valence-corrected chi connectivity index (χ4v) is 5.56. The van der Waals surface area contributed by atoms with Crippen LogP contribution in [-0.4, -0.2) is 36.4 Å². The Morgan fingerprint density at radius 1 is 1.00 bits per heavy atom. The summed E-state index contributed by atoms with van der Waals surface area (Å²) in [5.74, 6) is 0. The van der Waals surface area contributed by atoms with Crippen molar-refractivity contribution in [1.29, 1.82) is 0 Å². The number of amides is 1. The molecule has 1 aliphatic rings. The van der Waals surface area contributed by atoms with Gasteiger partial charge in [-0.1, -0.05) is 41.8 Å². The van der Waals surface area contributed by atoms with E-state index >= 15 is 0 Å². The summed E-state index contributed by atoms with van der Waals surface area (Å²) < 4.78 is 28.4. The molecule has 0 radical (unpaired) electrons. The summed E-state index contributed by atoms with van der Waals surface area (Å²) in [5.41, 5.74) is 1.46. The number of fused-ring (bicyclic) bond motifs is 1. The molecule has 1 aromatic heterocycles. The van der Waals surface area contributed by atoms with Crippen molar-refractivity contribution in [2.24, 2.45) is 0 Å². The second kappa shape index (κ2) is 8.59. The third-order valence-corrected chi connectivity index (χ3v) is 7.71. The number of sulfonamides is 1. The number of piperidine rings is 1. The Morgan fingerprint density at radius 2 is 1.70 bits per heavy atom. The highest BCUT2D eigenvalue weighted by Crippen LogP contribution is 2.28. The summed E-state index contributed by atoms with van der Waals surface area (Å²) in [7, 11) is -3.46. The number of hydrogen-bond donors (Lipinski definition) is 1. The van der Waals surface area contributed by atoms with Gasteiger partial charge in [0.05, 0.1) is 15.4 Å². The van der Waals surface area contributed by atoms with Crippen molar-refractivity contribution in [2.45, 2.75) is 30.7 Å². The van der Waals surface area contributed by atoms with Gasteiger partial charge in [0.25, 0.3) is 0 Å². The van der Waals surface area contributed by atoms with Crippen molar-refractivity contribution in [2.75, 3.05) is 13.1 Å². The number of halogens is 2. The molecule has 1 saturated heterocycles. The second-order valence-corrected chi connectivity index (χ2v) is 10.1. The van der Waals surface area contributed by atoms with E-state index in [1.807, 2.05) is 0 Å². The first kappa shape index (κ1) is 21.2. The highest BCUT2D eigenvalue weighted by atomic mass is 35.5. The molecule has 0 atom stereocenters. The number of aromatic nitrogens is 1. The van der Waals surface area contributed by atoms with Crippen LogP contribution in [0, 0.1) is 0 Å². The van der Waals surface area contributed by atoms with Crippen molar-refractivity contribution in [1.82, 2.24) is 14.2 Å². The summed E-state index contributed by atoms with van der Waals surface area (Å²) in [5, 5.41) is 4.51. The van der Waals surface area contributed by atoms with E-state index in [0.29, 0.717) is 34.0 Å². The van der Waals surface area contributed by atoms with Gasteiger partial charge in [0.2, 0.25) is 10.0 Å². The molecular weight excluding hydrogens is 445 g/mol. The zero-order valence-corrected chi connectivity index (χ0v) is 18.5. The lowest BCUT2D eigenvalue weighted by atomic mass is 10.2. The minimum atomic E-state index is -3.46. The molecule has 4 rings (SSSR count). The van der Waals surface area contributed by atoms with Crippen molar-refractivity contribution < 1.29 is 13.2 Å². The first-order valence-electron chi connectivity index (χ1n) is 9.70. The molecule has 1 N–H and O–H groups in total. The van der Waals surface area contributed by atoms with Crippen LogP contribution in [0.2, 0.25) is 10.0 Å². The highest BCUT2D eigenvalue weighted by Gasteiger charge is 2.25. The van der Waals surface area contributed by atoms with Gasteiger partial charge in [-0.15, -0.1) is 0 Å². The van der Waals surface area contributed by atoms with Gasteiger partial charge in [-0.05, 0) is 48.7 Å². The summed E-state index contributed by atoms with van der Waals surface area (Å²) in [4.78, 5) is 12.9. The van der Waals surface area contributed by atoms with E-state index in [0.717, 1.165) is 24.8 Å². The standard InChI is InChI=1S/C21H21Cl2N3O3S/c22-16-6-9-20-18(12-16)19(23)14-26(20)21(27)24-13-15-4-7-17(8-5-15)30(28,29)25-10-2-1-3-11-25/h4-9,12,14H,1-3,10-11,13H2,(H,24,27). The summed E-state index contributed by atoms with van der Waals surface area (Å²) >= 11 is 12.2. The molecule has 9 heteroatoms. The van der Waals surface area contributed by atoms with Crippen LogP contribution in [0.5, 0.6) is 0 Å². The Kier molecular flexibility index (Phi) is 6.06. The maximum Gasteiger partial charge on any atom is 0.326 e.